The fourth-order valence-corrected chi connectivity index (χ4v) is 1.89. The van der Waals surface area contributed by atoms with E-state index in [0.717, 1.165) is 24.3 Å². The Morgan fingerprint density at radius 3 is 1.88 bits per heavy atom. The predicted octanol–water partition coefficient (Wildman–Crippen LogP) is 1.08. The molecule has 0 fully saturated rings. The van der Waals surface area contributed by atoms with Crippen LogP contribution in [-0.2, 0) is 26.5 Å². The van der Waals surface area contributed by atoms with Crippen LogP contribution in [0.15, 0.2) is 24.3 Å². The number of hydrogen-bond acceptors (Lipinski definition) is 5. The highest BCUT2D eigenvalue weighted by Gasteiger charge is 2.11. The summed E-state index contributed by atoms with van der Waals surface area (Å²) in [5.41, 5.74) is 0.0890. The maximum atomic E-state index is 12.2. The Balaban J connectivity index is 2.84. The van der Waals surface area contributed by atoms with Crippen molar-refractivity contribution in [1.82, 2.24) is 0 Å². The molecule has 16 heavy (non-hydrogen) atoms. The minimum absolute atomic E-state index is 0.0890. The Bertz CT molecular complexity index is 508. The smallest absolute Gasteiger partial charge is 0.358 e. The summed E-state index contributed by atoms with van der Waals surface area (Å²) in [4.78, 5) is 0. The van der Waals surface area contributed by atoms with Gasteiger partial charge in [-0.25, -0.2) is 0 Å². The zero-order valence-electron chi connectivity index (χ0n) is 7.63. The fourth-order valence-electron chi connectivity index (χ4n) is 0.955. The summed E-state index contributed by atoms with van der Waals surface area (Å²) in [6.07, 6.45) is 0. The third kappa shape index (κ3) is 5.03. The van der Waals surface area contributed by atoms with Gasteiger partial charge in [0.05, 0.1) is 0 Å². The van der Waals surface area contributed by atoms with Crippen LogP contribution in [0.2, 0.25) is 0 Å². The van der Waals surface area contributed by atoms with Crippen molar-refractivity contribution in [2.24, 2.45) is 0 Å². The van der Waals surface area contributed by atoms with E-state index in [0.29, 0.717) is 0 Å². The van der Waals surface area contributed by atoms with Gasteiger partial charge in [0.25, 0.3) is 0 Å². The molecule has 0 aliphatic carbocycles. The van der Waals surface area contributed by atoms with E-state index in [1.165, 1.54) is 0 Å². The number of benzene rings is 1. The normalized spacial score (nSPS) is 12.4. The molecule has 0 N–H and O–H groups in total. The highest BCUT2D eigenvalue weighted by Crippen LogP contribution is 2.16. The molecule has 5 nitrogen and oxygen atoms in total. The molecule has 1 aromatic carbocycles. The molecule has 0 saturated heterocycles. The molecular weight excluding hydrogens is 266 g/mol. The Morgan fingerprint density at radius 1 is 1.00 bits per heavy atom. The van der Waals surface area contributed by atoms with Crippen molar-refractivity contribution in [3.63, 3.8) is 0 Å². The molecule has 0 bridgehead atoms. The SMILES string of the molecule is O=S(=O)(F)Cc1ccc(OS(=O)(=O)F)cc1. The standard InChI is InChI=1S/C7H6F2O5S2/c8-15(10,11)5-6-1-3-7(4-2-6)14-16(9,12)13/h1-4H,5H2. The van der Waals surface area contributed by atoms with E-state index in [1.807, 2.05) is 0 Å². The Kier molecular flexibility index (Phi) is 3.48. The van der Waals surface area contributed by atoms with Crippen molar-refractivity contribution in [3.8, 4) is 5.75 Å². The van der Waals surface area contributed by atoms with Crippen LogP contribution in [0.1, 0.15) is 5.56 Å². The van der Waals surface area contributed by atoms with E-state index in [2.05, 4.69) is 4.18 Å². The molecule has 0 unspecified atom stereocenters. The van der Waals surface area contributed by atoms with Crippen LogP contribution in [0.3, 0.4) is 0 Å². The number of rotatable bonds is 4. The molecule has 0 aliphatic rings. The molecule has 1 rings (SSSR count). The van der Waals surface area contributed by atoms with Crippen LogP contribution in [0, 0.1) is 0 Å². The van der Waals surface area contributed by atoms with Gasteiger partial charge >= 0.3 is 20.7 Å². The first-order valence-corrected chi connectivity index (χ1v) is 6.67. The van der Waals surface area contributed by atoms with Gasteiger partial charge in [0.2, 0.25) is 0 Å². The van der Waals surface area contributed by atoms with Gasteiger partial charge in [0.1, 0.15) is 11.5 Å². The van der Waals surface area contributed by atoms with E-state index < -0.39 is 26.5 Å². The van der Waals surface area contributed by atoms with Crippen molar-refractivity contribution in [2.75, 3.05) is 0 Å². The van der Waals surface area contributed by atoms with Gasteiger partial charge in [-0.1, -0.05) is 16.0 Å². The first-order valence-electron chi connectivity index (χ1n) is 3.81. The van der Waals surface area contributed by atoms with Crippen LogP contribution >= 0.6 is 0 Å². The number of halogens is 2. The maximum absolute atomic E-state index is 12.2. The van der Waals surface area contributed by atoms with Gasteiger partial charge in [0.15, 0.2) is 0 Å². The summed E-state index contributed by atoms with van der Waals surface area (Å²) >= 11 is 0. The van der Waals surface area contributed by atoms with Crippen molar-refractivity contribution in [2.45, 2.75) is 5.75 Å². The summed E-state index contributed by atoms with van der Waals surface area (Å²) in [7, 11) is -9.78. The van der Waals surface area contributed by atoms with E-state index in [1.54, 1.807) is 0 Å². The van der Waals surface area contributed by atoms with E-state index in [-0.39, 0.29) is 11.3 Å². The topological polar surface area (TPSA) is 77.5 Å². The van der Waals surface area contributed by atoms with Crippen LogP contribution in [-0.4, -0.2) is 16.8 Å². The number of hydrogen-bond donors (Lipinski definition) is 0. The lowest BCUT2D eigenvalue weighted by atomic mass is 10.2. The summed E-state index contributed by atoms with van der Waals surface area (Å²) in [5.74, 6) is -1.17. The Morgan fingerprint density at radius 2 is 1.50 bits per heavy atom. The second-order valence-corrected chi connectivity index (χ2v) is 5.12. The summed E-state index contributed by atoms with van der Waals surface area (Å²) in [6, 6.07) is 4.24. The summed E-state index contributed by atoms with van der Waals surface area (Å²) in [5, 5.41) is 0. The zero-order valence-corrected chi connectivity index (χ0v) is 9.26. The van der Waals surface area contributed by atoms with Crippen molar-refractivity contribution >= 4 is 20.7 Å². The molecule has 0 spiro atoms. The Labute approximate surface area is 91.3 Å². The minimum Gasteiger partial charge on any atom is -0.358 e. The lowest BCUT2D eigenvalue weighted by molar-refractivity contribution is 0.440. The predicted molar refractivity (Wildman–Crippen MR) is 50.8 cm³/mol. The van der Waals surface area contributed by atoms with Crippen LogP contribution in [0.5, 0.6) is 5.75 Å². The van der Waals surface area contributed by atoms with E-state index in [4.69, 9.17) is 0 Å². The maximum Gasteiger partial charge on any atom is 0.488 e. The molecule has 0 aromatic heterocycles. The lowest BCUT2D eigenvalue weighted by Gasteiger charge is -2.01. The second-order valence-electron chi connectivity index (χ2n) is 2.80. The zero-order chi connectivity index (χ0) is 12.4. The van der Waals surface area contributed by atoms with E-state index in [9.17, 15) is 24.6 Å². The van der Waals surface area contributed by atoms with Crippen molar-refractivity contribution in [1.29, 1.82) is 0 Å². The molecule has 0 saturated carbocycles. The molecule has 90 valence electrons. The van der Waals surface area contributed by atoms with Crippen LogP contribution < -0.4 is 4.18 Å². The van der Waals surface area contributed by atoms with Gasteiger partial charge in [-0.2, -0.15) is 16.8 Å². The third-order valence-corrected chi connectivity index (χ3v) is 2.53. The monoisotopic (exact) mass is 272 g/mol. The van der Waals surface area contributed by atoms with Crippen molar-refractivity contribution < 1.29 is 28.8 Å². The summed E-state index contributed by atoms with van der Waals surface area (Å²) < 4.78 is 68.8. The first kappa shape index (κ1) is 12.8. The molecule has 1 aromatic rings. The average Bonchev–Trinajstić information content (AvgIpc) is 2.03. The van der Waals surface area contributed by atoms with Crippen molar-refractivity contribution in [3.05, 3.63) is 29.8 Å². The average molecular weight is 272 g/mol. The van der Waals surface area contributed by atoms with Crippen LogP contribution in [0.25, 0.3) is 0 Å². The minimum atomic E-state index is -5.12. The quantitative estimate of drug-likeness (QED) is 0.766. The van der Waals surface area contributed by atoms with Crippen LogP contribution in [0.4, 0.5) is 7.77 Å². The molecule has 0 atom stereocenters. The molecule has 9 heteroatoms. The van der Waals surface area contributed by atoms with Gasteiger partial charge in [-0.05, 0) is 17.7 Å². The van der Waals surface area contributed by atoms with Gasteiger partial charge < -0.3 is 4.18 Å². The molecule has 0 radical (unpaired) electrons. The summed E-state index contributed by atoms with van der Waals surface area (Å²) in [6.45, 7) is 0. The second kappa shape index (κ2) is 4.34. The van der Waals surface area contributed by atoms with Gasteiger partial charge in [-0.3, -0.25) is 0 Å². The highest BCUT2D eigenvalue weighted by molar-refractivity contribution is 7.85. The molecule has 0 heterocycles. The highest BCUT2D eigenvalue weighted by atomic mass is 32.3. The van der Waals surface area contributed by atoms with Gasteiger partial charge in [0, 0.05) is 0 Å². The largest absolute Gasteiger partial charge is 0.488 e. The fraction of sp³-hybridized carbons (Fsp3) is 0.143. The van der Waals surface area contributed by atoms with Gasteiger partial charge in [-0.15, -0.1) is 3.89 Å². The molecule has 0 amide bonds. The molecular formula is C7H6F2O5S2. The lowest BCUT2D eigenvalue weighted by Crippen LogP contribution is -2.01. The first-order chi connectivity index (χ1) is 7.16. The Hall–Kier alpha value is -1.22. The van der Waals surface area contributed by atoms with E-state index >= 15 is 0 Å². The molecule has 0 aliphatic heterocycles. The third-order valence-electron chi connectivity index (χ3n) is 1.46.